The van der Waals surface area contributed by atoms with E-state index in [9.17, 15) is 0 Å². The summed E-state index contributed by atoms with van der Waals surface area (Å²) < 4.78 is 10.6. The second kappa shape index (κ2) is 10.8. The summed E-state index contributed by atoms with van der Waals surface area (Å²) in [7, 11) is 1.63. The number of halogens is 1. The summed E-state index contributed by atoms with van der Waals surface area (Å²) in [5.41, 5.74) is 2.44. The van der Waals surface area contributed by atoms with Crippen molar-refractivity contribution < 1.29 is 9.47 Å². The molecule has 0 amide bonds. The Morgan fingerprint density at radius 1 is 1.10 bits per heavy atom. The lowest BCUT2D eigenvalue weighted by molar-refractivity contribution is 0.0506. The van der Waals surface area contributed by atoms with Gasteiger partial charge in [-0.1, -0.05) is 23.7 Å². The molecule has 0 radical (unpaired) electrons. The summed E-state index contributed by atoms with van der Waals surface area (Å²) in [5, 5.41) is 1.76. The zero-order valence-electron chi connectivity index (χ0n) is 17.2. The zero-order chi connectivity index (χ0) is 20.6. The molecule has 0 bridgehead atoms. The molecule has 0 spiro atoms. The molecule has 2 heterocycles. The van der Waals surface area contributed by atoms with Crippen molar-refractivity contribution in [1.82, 2.24) is 9.88 Å². The van der Waals surface area contributed by atoms with Crippen molar-refractivity contribution >= 4 is 28.1 Å². The summed E-state index contributed by atoms with van der Waals surface area (Å²) in [4.78, 5) is 10.6. The fourth-order valence-corrected chi connectivity index (χ4v) is 4.48. The van der Waals surface area contributed by atoms with Crippen molar-refractivity contribution in [3.63, 3.8) is 0 Å². The van der Waals surface area contributed by atoms with E-state index in [0.717, 1.165) is 59.1 Å². The Morgan fingerprint density at radius 3 is 2.62 bits per heavy atom. The Hall–Kier alpha value is -1.86. The molecule has 1 aromatic heterocycles. The summed E-state index contributed by atoms with van der Waals surface area (Å²) in [6, 6.07) is 12.1. The average molecular weight is 434 g/mol. The van der Waals surface area contributed by atoms with Crippen LogP contribution in [0.4, 0.5) is 5.13 Å². The molecule has 0 atom stereocenters. The number of piperazine rings is 1. The van der Waals surface area contributed by atoms with E-state index < -0.39 is 0 Å². The fraction of sp³-hybridized carbons (Fsp3) is 0.409. The molecule has 3 rings (SSSR count). The van der Waals surface area contributed by atoms with Crippen molar-refractivity contribution in [3.8, 4) is 5.75 Å². The van der Waals surface area contributed by atoms with Crippen LogP contribution in [0.2, 0.25) is 5.02 Å². The molecule has 1 saturated heterocycles. The summed E-state index contributed by atoms with van der Waals surface area (Å²) in [6.07, 6.45) is 1.82. The van der Waals surface area contributed by atoms with Crippen LogP contribution >= 0.6 is 22.9 Å². The highest BCUT2D eigenvalue weighted by atomic mass is 35.5. The standard InChI is InChI=1S/C22H28ClN3O2S/c1-17-13-19(6-7-21(17)28-16-27-3)15-25-9-11-26(12-10-25)22-24-8-4-5-20(23)14-18(2)29-22/h4-8,13-14H,9-12,15-16H2,1-3H3. The van der Waals surface area contributed by atoms with Crippen LogP contribution in [0.1, 0.15) is 16.0 Å². The van der Waals surface area contributed by atoms with Gasteiger partial charge in [0.05, 0.1) is 0 Å². The van der Waals surface area contributed by atoms with E-state index in [1.807, 2.05) is 30.5 Å². The molecule has 0 saturated carbocycles. The van der Waals surface area contributed by atoms with Crippen LogP contribution in [0.3, 0.4) is 0 Å². The lowest BCUT2D eigenvalue weighted by Gasteiger charge is -2.35. The minimum absolute atomic E-state index is 0.274. The Kier molecular flexibility index (Phi) is 8.12. The van der Waals surface area contributed by atoms with E-state index in [4.69, 9.17) is 21.1 Å². The predicted molar refractivity (Wildman–Crippen MR) is 121 cm³/mol. The van der Waals surface area contributed by atoms with Gasteiger partial charge in [0.15, 0.2) is 11.9 Å². The SMILES string of the molecule is COCOc1ccc(CN2CCN(c3ncccc(Cl)cc(C)s3)CC2)cc1C. The van der Waals surface area contributed by atoms with Crippen molar-refractivity contribution in [2.75, 3.05) is 45.0 Å². The van der Waals surface area contributed by atoms with E-state index in [1.165, 1.54) is 5.56 Å². The molecular weight excluding hydrogens is 406 g/mol. The molecule has 5 nitrogen and oxygen atoms in total. The normalized spacial score (nSPS) is 14.6. The molecule has 1 fully saturated rings. The molecule has 2 aromatic rings. The summed E-state index contributed by atoms with van der Waals surface area (Å²) in [6.45, 7) is 9.29. The first-order valence-electron chi connectivity index (χ1n) is 9.70. The zero-order valence-corrected chi connectivity index (χ0v) is 18.8. The number of methoxy groups -OCH3 is 1. The second-order valence-electron chi connectivity index (χ2n) is 7.08. The van der Waals surface area contributed by atoms with Crippen molar-refractivity contribution in [2.45, 2.75) is 20.4 Å². The number of benzene rings is 1. The van der Waals surface area contributed by atoms with Gasteiger partial charge in [0.25, 0.3) is 0 Å². The van der Waals surface area contributed by atoms with Gasteiger partial charge in [-0.25, -0.2) is 4.98 Å². The molecule has 29 heavy (non-hydrogen) atoms. The topological polar surface area (TPSA) is 37.8 Å². The van der Waals surface area contributed by atoms with E-state index in [2.05, 4.69) is 40.8 Å². The lowest BCUT2D eigenvalue weighted by atomic mass is 10.1. The Labute approximate surface area is 182 Å². The van der Waals surface area contributed by atoms with Gasteiger partial charge in [-0.3, -0.25) is 4.90 Å². The number of aromatic nitrogens is 1. The minimum Gasteiger partial charge on any atom is -0.467 e. The van der Waals surface area contributed by atoms with Gasteiger partial charge in [-0.05, 0) is 49.2 Å². The molecule has 1 aliphatic heterocycles. The van der Waals surface area contributed by atoms with E-state index >= 15 is 0 Å². The van der Waals surface area contributed by atoms with Gasteiger partial charge in [-0.15, -0.1) is 11.3 Å². The first-order valence-corrected chi connectivity index (χ1v) is 10.9. The Balaban J connectivity index is 1.61. The molecule has 0 aliphatic carbocycles. The van der Waals surface area contributed by atoms with Crippen LogP contribution in [0, 0.1) is 13.8 Å². The van der Waals surface area contributed by atoms with Gasteiger partial charge >= 0.3 is 0 Å². The van der Waals surface area contributed by atoms with Crippen LogP contribution in [0.25, 0.3) is 0 Å². The van der Waals surface area contributed by atoms with Gasteiger partial charge in [-0.2, -0.15) is 0 Å². The molecule has 1 aliphatic rings. The van der Waals surface area contributed by atoms with Gasteiger partial charge < -0.3 is 14.4 Å². The predicted octanol–water partition coefficient (Wildman–Crippen LogP) is 4.84. The van der Waals surface area contributed by atoms with Gasteiger partial charge in [0.2, 0.25) is 0 Å². The quantitative estimate of drug-likeness (QED) is 0.609. The highest BCUT2D eigenvalue weighted by molar-refractivity contribution is 7.15. The molecule has 0 N–H and O–H groups in total. The Morgan fingerprint density at radius 2 is 1.90 bits per heavy atom. The van der Waals surface area contributed by atoms with Crippen molar-refractivity contribution in [2.24, 2.45) is 0 Å². The van der Waals surface area contributed by atoms with Crippen LogP contribution in [-0.2, 0) is 11.3 Å². The molecular formula is C22H28ClN3O2S. The third kappa shape index (κ3) is 6.57. The molecule has 0 unspecified atom stereocenters. The molecule has 7 heteroatoms. The maximum absolute atomic E-state index is 6.17. The minimum atomic E-state index is 0.274. The number of hydrogen-bond donors (Lipinski definition) is 0. The maximum Gasteiger partial charge on any atom is 0.188 e. The number of rotatable bonds is 6. The largest absolute Gasteiger partial charge is 0.467 e. The monoisotopic (exact) mass is 433 g/mol. The number of aryl methyl sites for hydroxylation is 2. The number of nitrogens with zero attached hydrogens (tertiary/aromatic N) is 3. The third-order valence-corrected chi connectivity index (χ3v) is 5.96. The van der Waals surface area contributed by atoms with Gasteiger partial charge in [0.1, 0.15) is 5.75 Å². The summed E-state index contributed by atoms with van der Waals surface area (Å²) in [5.74, 6) is 0.877. The third-order valence-electron chi connectivity index (χ3n) is 4.74. The second-order valence-corrected chi connectivity index (χ2v) is 8.73. The van der Waals surface area contributed by atoms with Crippen molar-refractivity contribution in [1.29, 1.82) is 0 Å². The van der Waals surface area contributed by atoms with Gasteiger partial charge in [0, 0.05) is 55.9 Å². The number of ether oxygens (including phenoxy) is 2. The average Bonchev–Trinajstić information content (AvgIpc) is 2.78. The van der Waals surface area contributed by atoms with Crippen LogP contribution in [0.15, 0.2) is 42.6 Å². The van der Waals surface area contributed by atoms with Crippen LogP contribution in [0.5, 0.6) is 5.75 Å². The molecule has 1 aromatic carbocycles. The first kappa shape index (κ1) is 21.8. The van der Waals surface area contributed by atoms with Crippen LogP contribution < -0.4 is 9.64 Å². The van der Waals surface area contributed by atoms with E-state index in [-0.39, 0.29) is 6.79 Å². The smallest absolute Gasteiger partial charge is 0.188 e. The Bertz CT molecular complexity index is 865. The van der Waals surface area contributed by atoms with E-state index in [0.29, 0.717) is 0 Å². The highest BCUT2D eigenvalue weighted by Gasteiger charge is 2.18. The molecule has 156 valence electrons. The number of anilines is 1. The highest BCUT2D eigenvalue weighted by Crippen LogP contribution is 2.23. The maximum atomic E-state index is 6.17. The van der Waals surface area contributed by atoms with E-state index in [1.54, 1.807) is 18.4 Å². The number of hydrogen-bond acceptors (Lipinski definition) is 6. The summed E-state index contributed by atoms with van der Waals surface area (Å²) >= 11 is 7.85. The fourth-order valence-electron chi connectivity index (χ4n) is 3.28. The van der Waals surface area contributed by atoms with Crippen LogP contribution in [-0.4, -0.2) is 50.0 Å². The van der Waals surface area contributed by atoms with Crippen molar-refractivity contribution in [3.05, 3.63) is 63.6 Å². The lowest BCUT2D eigenvalue weighted by Crippen LogP contribution is -2.46. The first-order chi connectivity index (χ1) is 14.0.